The highest BCUT2D eigenvalue weighted by molar-refractivity contribution is 5.68. The van der Waals surface area contributed by atoms with Crippen LogP contribution in [0, 0.1) is 0 Å². The van der Waals surface area contributed by atoms with Crippen LogP contribution in [0.3, 0.4) is 0 Å². The maximum atomic E-state index is 12.7. The molecule has 0 aromatic carbocycles. The van der Waals surface area contributed by atoms with E-state index in [1.54, 1.807) is 6.07 Å². The van der Waals surface area contributed by atoms with Crippen molar-refractivity contribution in [2.75, 3.05) is 24.6 Å². The van der Waals surface area contributed by atoms with Gasteiger partial charge in [-0.3, -0.25) is 19.0 Å². The number of esters is 3. The Morgan fingerprint density at radius 2 is 1.67 bits per heavy atom. The first kappa shape index (κ1) is 23.3. The summed E-state index contributed by atoms with van der Waals surface area (Å²) in [7, 11) is 0. The Labute approximate surface area is 173 Å². The van der Waals surface area contributed by atoms with E-state index in [1.807, 2.05) is 18.7 Å². The SMILES string of the molecule is CCN(CC)c1ccn([C@@H]2O[C@H](COC(C)=O)[C@@H](OC(C)=O)[C@H]2OC(C)=O)c(=O)n1. The number of nitrogens with zero attached hydrogens (tertiary/aromatic N) is 3. The van der Waals surface area contributed by atoms with Crippen LogP contribution in [0.2, 0.25) is 0 Å². The van der Waals surface area contributed by atoms with E-state index in [-0.39, 0.29) is 6.61 Å². The predicted octanol–water partition coefficient (Wildman–Crippen LogP) is 0.413. The highest BCUT2D eigenvalue weighted by Crippen LogP contribution is 2.33. The first-order valence-electron chi connectivity index (χ1n) is 9.65. The van der Waals surface area contributed by atoms with Crippen molar-refractivity contribution in [1.29, 1.82) is 0 Å². The molecule has 0 spiro atoms. The lowest BCUT2D eigenvalue weighted by atomic mass is 10.1. The number of aromatic nitrogens is 2. The second-order valence-electron chi connectivity index (χ2n) is 6.66. The molecule has 0 radical (unpaired) electrons. The van der Waals surface area contributed by atoms with Crippen LogP contribution in [0.15, 0.2) is 17.1 Å². The Morgan fingerprint density at radius 3 is 2.17 bits per heavy atom. The van der Waals surface area contributed by atoms with Gasteiger partial charge in [-0.25, -0.2) is 4.79 Å². The summed E-state index contributed by atoms with van der Waals surface area (Å²) in [6.07, 6.45) is -2.80. The fourth-order valence-electron chi connectivity index (χ4n) is 3.24. The van der Waals surface area contributed by atoms with Crippen molar-refractivity contribution in [3.05, 3.63) is 22.7 Å². The van der Waals surface area contributed by atoms with Crippen LogP contribution in [-0.2, 0) is 33.3 Å². The van der Waals surface area contributed by atoms with Gasteiger partial charge in [-0.1, -0.05) is 0 Å². The van der Waals surface area contributed by atoms with Crippen LogP contribution in [0.5, 0.6) is 0 Å². The molecule has 1 aromatic heterocycles. The van der Waals surface area contributed by atoms with Gasteiger partial charge in [0.25, 0.3) is 0 Å². The molecule has 1 aliphatic heterocycles. The summed E-state index contributed by atoms with van der Waals surface area (Å²) < 4.78 is 22.6. The van der Waals surface area contributed by atoms with E-state index < -0.39 is 48.1 Å². The van der Waals surface area contributed by atoms with Crippen LogP contribution in [0.1, 0.15) is 40.8 Å². The summed E-state index contributed by atoms with van der Waals surface area (Å²) in [6.45, 7) is 8.56. The molecule has 0 bridgehead atoms. The minimum atomic E-state index is -1.13. The number of rotatable bonds is 8. The smallest absolute Gasteiger partial charge is 0.351 e. The molecule has 0 aliphatic carbocycles. The molecule has 11 heteroatoms. The number of anilines is 1. The van der Waals surface area contributed by atoms with Gasteiger partial charge < -0.3 is 23.8 Å². The van der Waals surface area contributed by atoms with Crippen LogP contribution < -0.4 is 10.6 Å². The van der Waals surface area contributed by atoms with Crippen LogP contribution >= 0.6 is 0 Å². The van der Waals surface area contributed by atoms with Gasteiger partial charge in [-0.2, -0.15) is 4.98 Å². The van der Waals surface area contributed by atoms with E-state index in [0.29, 0.717) is 18.9 Å². The maximum Gasteiger partial charge on any atom is 0.351 e. The third-order valence-electron chi connectivity index (χ3n) is 4.52. The Morgan fingerprint density at radius 1 is 1.07 bits per heavy atom. The molecule has 1 saturated heterocycles. The monoisotopic (exact) mass is 425 g/mol. The van der Waals surface area contributed by atoms with Crippen molar-refractivity contribution in [3.8, 4) is 0 Å². The van der Waals surface area contributed by atoms with Gasteiger partial charge in [0.15, 0.2) is 18.4 Å². The van der Waals surface area contributed by atoms with Crippen LogP contribution in [0.25, 0.3) is 0 Å². The van der Waals surface area contributed by atoms with Crippen LogP contribution in [-0.4, -0.2) is 65.5 Å². The molecule has 11 nitrogen and oxygen atoms in total. The molecule has 1 aliphatic rings. The largest absolute Gasteiger partial charge is 0.463 e. The van der Waals surface area contributed by atoms with Gasteiger partial charge in [0.2, 0.25) is 0 Å². The lowest BCUT2D eigenvalue weighted by Crippen LogP contribution is -2.42. The lowest BCUT2D eigenvalue weighted by molar-refractivity contribution is -0.166. The summed E-state index contributed by atoms with van der Waals surface area (Å²) in [5.74, 6) is -1.36. The van der Waals surface area contributed by atoms with E-state index in [4.69, 9.17) is 18.9 Å². The van der Waals surface area contributed by atoms with E-state index in [2.05, 4.69) is 4.98 Å². The fraction of sp³-hybridized carbons (Fsp3) is 0.632. The van der Waals surface area contributed by atoms with E-state index >= 15 is 0 Å². The molecular formula is C19H27N3O8. The Bertz CT molecular complexity index is 835. The minimum Gasteiger partial charge on any atom is -0.463 e. The molecule has 2 rings (SSSR count). The molecule has 0 amide bonds. The zero-order chi connectivity index (χ0) is 22.4. The topological polar surface area (TPSA) is 126 Å². The molecular weight excluding hydrogens is 398 g/mol. The summed E-state index contributed by atoms with van der Waals surface area (Å²) in [6, 6.07) is 1.64. The Balaban J connectivity index is 2.42. The molecule has 30 heavy (non-hydrogen) atoms. The molecule has 1 fully saturated rings. The van der Waals surface area contributed by atoms with Gasteiger partial charge in [-0.15, -0.1) is 0 Å². The molecule has 1 aromatic rings. The van der Waals surface area contributed by atoms with Crippen molar-refractivity contribution < 1.29 is 33.3 Å². The van der Waals surface area contributed by atoms with Gasteiger partial charge in [-0.05, 0) is 19.9 Å². The maximum absolute atomic E-state index is 12.7. The average Bonchev–Trinajstić information content (AvgIpc) is 2.97. The zero-order valence-electron chi connectivity index (χ0n) is 17.7. The highest BCUT2D eigenvalue weighted by atomic mass is 16.7. The molecule has 4 atom stereocenters. The highest BCUT2D eigenvalue weighted by Gasteiger charge is 2.50. The number of ether oxygens (including phenoxy) is 4. The quantitative estimate of drug-likeness (QED) is 0.427. The lowest BCUT2D eigenvalue weighted by Gasteiger charge is -2.24. The predicted molar refractivity (Wildman–Crippen MR) is 104 cm³/mol. The number of carbonyl (C=O) groups is 3. The van der Waals surface area contributed by atoms with E-state index in [0.717, 1.165) is 4.57 Å². The standard InChI is InChI=1S/C19H27N3O8/c1-6-21(7-2)15-8-9-22(19(26)20-15)18-17(29-13(5)25)16(28-12(4)24)14(30-18)10-27-11(3)23/h8-9,14,16-18H,6-7,10H2,1-5H3/t14-,16-,17-,18-/m1/s1. The first-order valence-corrected chi connectivity index (χ1v) is 9.65. The van der Waals surface area contributed by atoms with Crippen molar-refractivity contribution in [2.45, 2.75) is 59.2 Å². The summed E-state index contributed by atoms with van der Waals surface area (Å²) in [4.78, 5) is 53.2. The molecule has 0 N–H and O–H groups in total. The van der Waals surface area contributed by atoms with Crippen molar-refractivity contribution in [1.82, 2.24) is 9.55 Å². The third-order valence-corrected chi connectivity index (χ3v) is 4.52. The summed E-state index contributed by atoms with van der Waals surface area (Å²) in [5.41, 5.74) is -0.628. The molecule has 0 saturated carbocycles. The Hall–Kier alpha value is -2.95. The van der Waals surface area contributed by atoms with E-state index in [9.17, 15) is 19.2 Å². The second kappa shape index (κ2) is 10.2. The third kappa shape index (κ3) is 5.56. The fourth-order valence-corrected chi connectivity index (χ4v) is 3.24. The number of hydrogen-bond acceptors (Lipinski definition) is 10. The van der Waals surface area contributed by atoms with Crippen LogP contribution in [0.4, 0.5) is 5.82 Å². The first-order chi connectivity index (χ1) is 14.2. The second-order valence-corrected chi connectivity index (χ2v) is 6.66. The van der Waals surface area contributed by atoms with Crippen molar-refractivity contribution in [2.24, 2.45) is 0 Å². The molecule has 166 valence electrons. The van der Waals surface area contributed by atoms with Gasteiger partial charge in [0.1, 0.15) is 18.5 Å². The number of hydrogen-bond donors (Lipinski definition) is 0. The normalized spacial score (nSPS) is 23.0. The molecule has 0 unspecified atom stereocenters. The van der Waals surface area contributed by atoms with Gasteiger partial charge in [0, 0.05) is 40.1 Å². The minimum absolute atomic E-state index is 0.249. The molecule has 2 heterocycles. The van der Waals surface area contributed by atoms with Gasteiger partial charge in [0.05, 0.1) is 0 Å². The summed E-state index contributed by atoms with van der Waals surface area (Å²) >= 11 is 0. The van der Waals surface area contributed by atoms with Gasteiger partial charge >= 0.3 is 23.6 Å². The number of carbonyl (C=O) groups excluding carboxylic acids is 3. The van der Waals surface area contributed by atoms with Crippen molar-refractivity contribution >= 4 is 23.7 Å². The summed E-state index contributed by atoms with van der Waals surface area (Å²) in [5, 5.41) is 0. The zero-order valence-corrected chi connectivity index (χ0v) is 17.7. The van der Waals surface area contributed by atoms with Crippen molar-refractivity contribution in [3.63, 3.8) is 0 Å². The Kier molecular flexibility index (Phi) is 7.93. The average molecular weight is 425 g/mol. The van der Waals surface area contributed by atoms with E-state index in [1.165, 1.54) is 27.0 Å².